The minimum Gasteiger partial charge on any atom is -0.321 e. The first kappa shape index (κ1) is 14.5. The Labute approximate surface area is 124 Å². The third-order valence-electron chi connectivity index (χ3n) is 2.89. The Bertz CT molecular complexity index is 611. The van der Waals surface area contributed by atoms with E-state index in [2.05, 4.69) is 32.2 Å². The van der Waals surface area contributed by atoms with Crippen LogP contribution in [-0.2, 0) is 0 Å². The van der Waals surface area contributed by atoms with Crippen molar-refractivity contribution in [3.63, 3.8) is 0 Å². The van der Waals surface area contributed by atoms with E-state index in [0.717, 1.165) is 10.6 Å². The number of allylic oxidation sites excluding steroid dienone is 2. The van der Waals surface area contributed by atoms with E-state index in [1.807, 2.05) is 41.8 Å². The van der Waals surface area contributed by atoms with Crippen molar-refractivity contribution in [1.82, 2.24) is 0 Å². The summed E-state index contributed by atoms with van der Waals surface area (Å²) in [5.41, 5.74) is 2.77. The van der Waals surface area contributed by atoms with Gasteiger partial charge in [-0.25, -0.2) is 0 Å². The molecule has 0 aliphatic carbocycles. The molecule has 0 radical (unpaired) electrons. The Morgan fingerprint density at radius 3 is 2.55 bits per heavy atom. The molecule has 0 saturated carbocycles. The molecular weight excluding hydrogens is 266 g/mol. The maximum atomic E-state index is 12.2. The molecular formula is C17H19NOS. The van der Waals surface area contributed by atoms with Gasteiger partial charge in [-0.2, -0.15) is 0 Å². The quantitative estimate of drug-likeness (QED) is 0.835. The predicted molar refractivity (Wildman–Crippen MR) is 87.2 cm³/mol. The number of carbonyl (C=O) groups is 1. The van der Waals surface area contributed by atoms with E-state index in [0.29, 0.717) is 11.5 Å². The number of nitrogens with one attached hydrogen (secondary N) is 1. The number of rotatable bonds is 4. The van der Waals surface area contributed by atoms with Crippen molar-refractivity contribution in [1.29, 1.82) is 0 Å². The molecule has 0 aliphatic heterocycles. The number of hydrogen-bond donors (Lipinski definition) is 1. The van der Waals surface area contributed by atoms with Gasteiger partial charge in [-0.3, -0.25) is 4.79 Å². The monoisotopic (exact) mass is 285 g/mol. The Balaban J connectivity index is 2.20. The number of thiophene rings is 1. The van der Waals surface area contributed by atoms with Crippen molar-refractivity contribution in [3.8, 4) is 0 Å². The van der Waals surface area contributed by atoms with Crippen LogP contribution in [0, 0.1) is 5.92 Å². The van der Waals surface area contributed by atoms with E-state index in [4.69, 9.17) is 0 Å². The van der Waals surface area contributed by atoms with E-state index < -0.39 is 0 Å². The van der Waals surface area contributed by atoms with Gasteiger partial charge in [-0.05, 0) is 42.0 Å². The molecule has 2 aromatic rings. The molecule has 1 aromatic heterocycles. The Morgan fingerprint density at radius 2 is 1.90 bits per heavy atom. The third kappa shape index (κ3) is 3.58. The fraction of sp³-hybridized carbons (Fsp3) is 0.235. The molecule has 0 fully saturated rings. The number of hydrogen-bond acceptors (Lipinski definition) is 2. The van der Waals surface area contributed by atoms with Crippen LogP contribution in [0.25, 0.3) is 5.57 Å². The largest absolute Gasteiger partial charge is 0.321 e. The Hall–Kier alpha value is -1.87. The second-order valence-electron chi connectivity index (χ2n) is 5.08. The number of amides is 1. The molecule has 0 bridgehead atoms. The normalized spacial score (nSPS) is 11.7. The molecule has 2 rings (SSSR count). The van der Waals surface area contributed by atoms with Gasteiger partial charge < -0.3 is 5.32 Å². The fourth-order valence-corrected chi connectivity index (χ4v) is 2.91. The zero-order chi connectivity index (χ0) is 14.5. The zero-order valence-electron chi connectivity index (χ0n) is 12.0. The van der Waals surface area contributed by atoms with Gasteiger partial charge in [0.05, 0.1) is 10.6 Å². The highest BCUT2D eigenvalue weighted by atomic mass is 32.1. The highest BCUT2D eigenvalue weighted by Crippen LogP contribution is 2.30. The summed E-state index contributed by atoms with van der Waals surface area (Å²) in [5.74, 6) is 0.428. The molecule has 104 valence electrons. The summed E-state index contributed by atoms with van der Waals surface area (Å²) in [4.78, 5) is 13.3. The van der Waals surface area contributed by atoms with Crippen molar-refractivity contribution in [2.24, 2.45) is 5.92 Å². The second-order valence-corrected chi connectivity index (χ2v) is 5.99. The molecule has 20 heavy (non-hydrogen) atoms. The van der Waals surface area contributed by atoms with Crippen molar-refractivity contribution in [3.05, 3.63) is 58.3 Å². The maximum Gasteiger partial charge on any atom is 0.255 e. The summed E-state index contributed by atoms with van der Waals surface area (Å²) in [6, 6.07) is 11.2. The van der Waals surface area contributed by atoms with Gasteiger partial charge >= 0.3 is 0 Å². The average Bonchev–Trinajstić information content (AvgIpc) is 2.87. The van der Waals surface area contributed by atoms with Crippen molar-refractivity contribution >= 4 is 28.5 Å². The van der Waals surface area contributed by atoms with Gasteiger partial charge in [0.25, 0.3) is 5.91 Å². The Kier molecular flexibility index (Phi) is 4.74. The van der Waals surface area contributed by atoms with Gasteiger partial charge in [-0.1, -0.05) is 38.1 Å². The molecule has 0 spiro atoms. The SMILES string of the molecule is CC(=CC(C)C)c1sccc1NC(=O)c1ccccc1. The molecule has 3 heteroatoms. The molecule has 1 N–H and O–H groups in total. The molecule has 1 aromatic carbocycles. The number of benzene rings is 1. The first-order valence-electron chi connectivity index (χ1n) is 6.70. The summed E-state index contributed by atoms with van der Waals surface area (Å²) in [6.45, 7) is 6.39. The standard InChI is InChI=1S/C17H19NOS/c1-12(2)11-13(3)16-15(9-10-20-16)18-17(19)14-7-5-4-6-8-14/h4-12H,1-3H3,(H,18,19). The number of carbonyl (C=O) groups excluding carboxylic acids is 1. The molecule has 1 amide bonds. The Morgan fingerprint density at radius 1 is 1.20 bits per heavy atom. The van der Waals surface area contributed by atoms with Crippen LogP contribution in [-0.4, -0.2) is 5.91 Å². The van der Waals surface area contributed by atoms with Gasteiger partial charge in [0.15, 0.2) is 0 Å². The van der Waals surface area contributed by atoms with Crippen LogP contribution in [0.1, 0.15) is 36.0 Å². The van der Waals surface area contributed by atoms with Crippen molar-refractivity contribution in [2.75, 3.05) is 5.32 Å². The lowest BCUT2D eigenvalue weighted by atomic mass is 10.1. The van der Waals surface area contributed by atoms with E-state index >= 15 is 0 Å². The average molecular weight is 285 g/mol. The summed E-state index contributed by atoms with van der Waals surface area (Å²) in [5, 5.41) is 5.00. The predicted octanol–water partition coefficient (Wildman–Crippen LogP) is 5.06. The minimum absolute atomic E-state index is 0.0670. The molecule has 0 unspecified atom stereocenters. The van der Waals surface area contributed by atoms with E-state index in [-0.39, 0.29) is 5.91 Å². The topological polar surface area (TPSA) is 29.1 Å². The third-order valence-corrected chi connectivity index (χ3v) is 3.94. The van der Waals surface area contributed by atoms with E-state index in [1.54, 1.807) is 11.3 Å². The van der Waals surface area contributed by atoms with Gasteiger partial charge in [-0.15, -0.1) is 11.3 Å². The van der Waals surface area contributed by atoms with Gasteiger partial charge in [0.1, 0.15) is 0 Å². The van der Waals surface area contributed by atoms with Gasteiger partial charge in [0.2, 0.25) is 0 Å². The summed E-state index contributed by atoms with van der Waals surface area (Å²) >= 11 is 1.65. The first-order valence-corrected chi connectivity index (χ1v) is 7.58. The van der Waals surface area contributed by atoms with Crippen LogP contribution in [0.5, 0.6) is 0 Å². The molecule has 2 nitrogen and oxygen atoms in total. The van der Waals surface area contributed by atoms with Crippen LogP contribution in [0.15, 0.2) is 47.9 Å². The van der Waals surface area contributed by atoms with Crippen LogP contribution in [0.3, 0.4) is 0 Å². The fourth-order valence-electron chi connectivity index (χ4n) is 2.07. The van der Waals surface area contributed by atoms with Gasteiger partial charge in [0, 0.05) is 5.56 Å². The molecule has 0 aliphatic rings. The summed E-state index contributed by atoms with van der Waals surface area (Å²) < 4.78 is 0. The van der Waals surface area contributed by atoms with E-state index in [1.165, 1.54) is 5.57 Å². The first-order chi connectivity index (χ1) is 9.58. The highest BCUT2D eigenvalue weighted by Gasteiger charge is 2.11. The molecule has 0 saturated heterocycles. The lowest BCUT2D eigenvalue weighted by molar-refractivity contribution is 0.102. The van der Waals surface area contributed by atoms with Crippen LogP contribution < -0.4 is 5.32 Å². The van der Waals surface area contributed by atoms with Crippen molar-refractivity contribution in [2.45, 2.75) is 20.8 Å². The van der Waals surface area contributed by atoms with Crippen molar-refractivity contribution < 1.29 is 4.79 Å². The lowest BCUT2D eigenvalue weighted by Crippen LogP contribution is -2.11. The zero-order valence-corrected chi connectivity index (χ0v) is 12.8. The number of anilines is 1. The summed E-state index contributed by atoms with van der Waals surface area (Å²) in [6.07, 6.45) is 2.21. The smallest absolute Gasteiger partial charge is 0.255 e. The maximum absolute atomic E-state index is 12.2. The lowest BCUT2D eigenvalue weighted by Gasteiger charge is -2.08. The minimum atomic E-state index is -0.0670. The molecule has 1 heterocycles. The van der Waals surface area contributed by atoms with Crippen LogP contribution in [0.4, 0.5) is 5.69 Å². The van der Waals surface area contributed by atoms with E-state index in [9.17, 15) is 4.79 Å². The molecule has 0 atom stereocenters. The second kappa shape index (κ2) is 6.53. The van der Waals surface area contributed by atoms with Crippen LogP contribution >= 0.6 is 11.3 Å². The summed E-state index contributed by atoms with van der Waals surface area (Å²) in [7, 11) is 0. The highest BCUT2D eigenvalue weighted by molar-refractivity contribution is 7.11. The van der Waals surface area contributed by atoms with Crippen LogP contribution in [0.2, 0.25) is 0 Å².